The van der Waals surface area contributed by atoms with Crippen LogP contribution in [0.15, 0.2) is 53.1 Å². The van der Waals surface area contributed by atoms with E-state index in [4.69, 9.17) is 0 Å². The number of carbonyl (C=O) groups is 1. The number of nitrogens with zero attached hydrogens (tertiary/aromatic N) is 1. The van der Waals surface area contributed by atoms with Crippen LogP contribution < -0.4 is 5.32 Å². The van der Waals surface area contributed by atoms with Gasteiger partial charge in [-0.25, -0.2) is 4.98 Å². The zero-order valence-electron chi connectivity index (χ0n) is 11.3. The van der Waals surface area contributed by atoms with Gasteiger partial charge in [-0.1, -0.05) is 37.3 Å². The molecule has 0 radical (unpaired) electrons. The van der Waals surface area contributed by atoms with Crippen molar-refractivity contribution in [1.29, 1.82) is 0 Å². The van der Waals surface area contributed by atoms with Crippen molar-refractivity contribution in [2.45, 2.75) is 19.3 Å². The van der Waals surface area contributed by atoms with Crippen molar-refractivity contribution < 1.29 is 4.79 Å². The number of hydrogen-bond donors (Lipinski definition) is 1. The Morgan fingerprint density at radius 2 is 2.00 bits per heavy atom. The van der Waals surface area contributed by atoms with Crippen molar-refractivity contribution in [1.82, 2.24) is 10.3 Å². The lowest BCUT2D eigenvalue weighted by molar-refractivity contribution is 0.0947. The molecule has 1 heterocycles. The maximum absolute atomic E-state index is 12.0. The van der Waals surface area contributed by atoms with Crippen LogP contribution in [0.1, 0.15) is 35.3 Å². The third-order valence-corrected chi connectivity index (χ3v) is 3.84. The van der Waals surface area contributed by atoms with Crippen LogP contribution in [0.3, 0.4) is 0 Å². The molecule has 1 N–H and O–H groups in total. The van der Waals surface area contributed by atoms with Gasteiger partial charge in [0.05, 0.1) is 0 Å². The summed E-state index contributed by atoms with van der Waals surface area (Å²) >= 11 is 3.33. The summed E-state index contributed by atoms with van der Waals surface area (Å²) in [6.07, 6.45) is 2.52. The van der Waals surface area contributed by atoms with E-state index in [2.05, 4.69) is 45.3 Å². The van der Waals surface area contributed by atoms with Gasteiger partial charge in [0, 0.05) is 17.2 Å². The lowest BCUT2D eigenvalue weighted by atomic mass is 9.98. The number of halogens is 1. The number of carbonyl (C=O) groups excluding carboxylic acids is 1. The maximum atomic E-state index is 12.0. The Morgan fingerprint density at radius 3 is 2.70 bits per heavy atom. The molecule has 0 saturated heterocycles. The highest BCUT2D eigenvalue weighted by Gasteiger charge is 2.11. The summed E-state index contributed by atoms with van der Waals surface area (Å²) in [6, 6.07) is 13.9. The molecule has 20 heavy (non-hydrogen) atoms. The van der Waals surface area contributed by atoms with E-state index in [1.807, 2.05) is 24.3 Å². The third kappa shape index (κ3) is 3.90. The lowest BCUT2D eigenvalue weighted by Crippen LogP contribution is -2.26. The van der Waals surface area contributed by atoms with Gasteiger partial charge in [0.1, 0.15) is 5.69 Å². The average Bonchev–Trinajstić information content (AvgIpc) is 2.48. The number of hydrogen-bond acceptors (Lipinski definition) is 2. The maximum Gasteiger partial charge on any atom is 0.271 e. The van der Waals surface area contributed by atoms with Crippen LogP contribution in [-0.4, -0.2) is 17.4 Å². The van der Waals surface area contributed by atoms with Gasteiger partial charge >= 0.3 is 0 Å². The minimum absolute atomic E-state index is 0.141. The molecule has 104 valence electrons. The van der Waals surface area contributed by atoms with Crippen molar-refractivity contribution in [2.24, 2.45) is 0 Å². The van der Waals surface area contributed by atoms with Gasteiger partial charge in [0.25, 0.3) is 5.91 Å². The highest BCUT2D eigenvalue weighted by atomic mass is 79.9. The number of rotatable bonds is 5. The lowest BCUT2D eigenvalue weighted by Gasteiger charge is -2.12. The second-order valence-corrected chi connectivity index (χ2v) is 5.54. The minimum atomic E-state index is -0.141. The third-order valence-electron chi connectivity index (χ3n) is 3.21. The largest absolute Gasteiger partial charge is 0.351 e. The fourth-order valence-corrected chi connectivity index (χ4v) is 2.42. The second kappa shape index (κ2) is 7.20. The molecule has 3 nitrogen and oxygen atoms in total. The van der Waals surface area contributed by atoms with E-state index in [1.54, 1.807) is 12.3 Å². The summed E-state index contributed by atoms with van der Waals surface area (Å²) in [4.78, 5) is 16.1. The Bertz CT molecular complexity index is 572. The van der Waals surface area contributed by atoms with Crippen molar-refractivity contribution in [3.8, 4) is 0 Å². The number of benzene rings is 1. The van der Waals surface area contributed by atoms with Crippen LogP contribution in [0, 0.1) is 0 Å². The van der Waals surface area contributed by atoms with Crippen LogP contribution in [0.5, 0.6) is 0 Å². The quantitative estimate of drug-likeness (QED) is 0.905. The van der Waals surface area contributed by atoms with Gasteiger partial charge in [0.15, 0.2) is 0 Å². The number of amides is 1. The smallest absolute Gasteiger partial charge is 0.271 e. The molecular formula is C16H17BrN2O. The zero-order valence-corrected chi connectivity index (χ0v) is 12.9. The fraction of sp³-hybridized carbons (Fsp3) is 0.250. The van der Waals surface area contributed by atoms with Gasteiger partial charge in [-0.15, -0.1) is 0 Å². The first-order chi connectivity index (χ1) is 9.68. The van der Waals surface area contributed by atoms with Crippen molar-refractivity contribution in [3.05, 3.63) is 64.4 Å². The van der Waals surface area contributed by atoms with Crippen LogP contribution in [-0.2, 0) is 0 Å². The second-order valence-electron chi connectivity index (χ2n) is 4.69. The fourth-order valence-electron chi connectivity index (χ4n) is 1.99. The summed E-state index contributed by atoms with van der Waals surface area (Å²) in [5.41, 5.74) is 1.72. The van der Waals surface area contributed by atoms with E-state index >= 15 is 0 Å². The van der Waals surface area contributed by atoms with Crippen LogP contribution >= 0.6 is 15.9 Å². The van der Waals surface area contributed by atoms with E-state index in [0.717, 1.165) is 6.42 Å². The number of aromatic nitrogens is 1. The molecule has 1 unspecified atom stereocenters. The van der Waals surface area contributed by atoms with Gasteiger partial charge in [-0.3, -0.25) is 4.79 Å². The molecule has 0 aliphatic carbocycles. The molecule has 2 aromatic rings. The topological polar surface area (TPSA) is 42.0 Å². The van der Waals surface area contributed by atoms with Gasteiger partial charge in [0.2, 0.25) is 0 Å². The molecule has 0 saturated carbocycles. The molecular weight excluding hydrogens is 316 g/mol. The van der Waals surface area contributed by atoms with Crippen molar-refractivity contribution in [2.75, 3.05) is 6.54 Å². The predicted octanol–water partition coefficient (Wildman–Crippen LogP) is 3.77. The highest BCUT2D eigenvalue weighted by molar-refractivity contribution is 9.10. The standard InChI is InChI=1S/C16H17BrN2O/c1-12(13-6-3-2-4-7-13)9-11-19-16(20)15-14(17)8-5-10-18-15/h2-8,10,12H,9,11H2,1H3,(H,19,20). The molecule has 1 amide bonds. The molecule has 0 fully saturated rings. The van der Waals surface area contributed by atoms with Gasteiger partial charge in [-0.05, 0) is 46.0 Å². The molecule has 0 aliphatic rings. The van der Waals surface area contributed by atoms with E-state index in [1.165, 1.54) is 5.56 Å². The normalized spacial score (nSPS) is 11.9. The molecule has 4 heteroatoms. The van der Waals surface area contributed by atoms with E-state index in [-0.39, 0.29) is 5.91 Å². The Hall–Kier alpha value is -1.68. The van der Waals surface area contributed by atoms with Gasteiger partial charge in [-0.2, -0.15) is 0 Å². The summed E-state index contributed by atoms with van der Waals surface area (Å²) in [6.45, 7) is 2.80. The Labute approximate surface area is 127 Å². The summed E-state index contributed by atoms with van der Waals surface area (Å²) in [7, 11) is 0. The SMILES string of the molecule is CC(CCNC(=O)c1ncccc1Br)c1ccccc1. The number of pyridine rings is 1. The summed E-state index contributed by atoms with van der Waals surface area (Å²) < 4.78 is 0.716. The Balaban J connectivity index is 1.84. The molecule has 1 aromatic carbocycles. The monoisotopic (exact) mass is 332 g/mol. The summed E-state index contributed by atoms with van der Waals surface area (Å²) in [5, 5.41) is 2.91. The first-order valence-electron chi connectivity index (χ1n) is 6.62. The van der Waals surface area contributed by atoms with Crippen molar-refractivity contribution >= 4 is 21.8 Å². The molecule has 0 aliphatic heterocycles. The first-order valence-corrected chi connectivity index (χ1v) is 7.41. The van der Waals surface area contributed by atoms with E-state index in [9.17, 15) is 4.79 Å². The minimum Gasteiger partial charge on any atom is -0.351 e. The van der Waals surface area contributed by atoms with Crippen LogP contribution in [0.2, 0.25) is 0 Å². The van der Waals surface area contributed by atoms with Gasteiger partial charge < -0.3 is 5.32 Å². The Morgan fingerprint density at radius 1 is 1.25 bits per heavy atom. The molecule has 2 rings (SSSR count). The Kier molecular flexibility index (Phi) is 5.30. The molecule has 1 atom stereocenters. The number of nitrogens with one attached hydrogen (secondary N) is 1. The van der Waals surface area contributed by atoms with E-state index in [0.29, 0.717) is 22.6 Å². The summed E-state index contributed by atoms with van der Waals surface area (Å²) in [5.74, 6) is 0.279. The van der Waals surface area contributed by atoms with E-state index < -0.39 is 0 Å². The predicted molar refractivity (Wildman–Crippen MR) is 83.7 cm³/mol. The zero-order chi connectivity index (χ0) is 14.4. The molecule has 0 spiro atoms. The molecule has 1 aromatic heterocycles. The van der Waals surface area contributed by atoms with Crippen LogP contribution in [0.25, 0.3) is 0 Å². The molecule has 0 bridgehead atoms. The first kappa shape index (κ1) is 14.7. The average molecular weight is 333 g/mol. The van der Waals surface area contributed by atoms with Crippen LogP contribution in [0.4, 0.5) is 0 Å². The van der Waals surface area contributed by atoms with Crippen molar-refractivity contribution in [3.63, 3.8) is 0 Å². The highest BCUT2D eigenvalue weighted by Crippen LogP contribution is 2.18.